The van der Waals surface area contributed by atoms with E-state index in [4.69, 9.17) is 0 Å². The Labute approximate surface area is 200 Å². The second-order valence-electron chi connectivity index (χ2n) is 9.59. The van der Waals surface area contributed by atoms with Gasteiger partial charge in [0.05, 0.1) is 11.2 Å². The molecule has 176 valence electrons. The minimum atomic E-state index is -0.734. The maximum atomic E-state index is 13.3. The predicted octanol–water partition coefficient (Wildman–Crippen LogP) is 5.38. The number of fused-ring (bicyclic) bond motifs is 1. The summed E-state index contributed by atoms with van der Waals surface area (Å²) in [5, 5.41) is 2.32. The summed E-state index contributed by atoms with van der Waals surface area (Å²) in [7, 11) is 0. The third kappa shape index (κ3) is 3.94. The Hall–Kier alpha value is -3.67. The smallest absolute Gasteiger partial charge is 0.335 e. The van der Waals surface area contributed by atoms with Gasteiger partial charge in [0.15, 0.2) is 0 Å². The first kappa shape index (κ1) is 23.5. The van der Waals surface area contributed by atoms with Gasteiger partial charge in [0, 0.05) is 17.8 Å². The SMILES string of the molecule is CCCN1c2ccc(/C=C3/C(=O)NC(=O)N(c4cccc(C)c4C)C3=O)cc2C(C)=CC1(C)C. The lowest BCUT2D eigenvalue weighted by molar-refractivity contribution is -0.122. The van der Waals surface area contributed by atoms with Crippen molar-refractivity contribution in [2.75, 3.05) is 16.3 Å². The molecular weight excluding hydrogens is 426 g/mol. The Balaban J connectivity index is 1.76. The molecule has 1 fully saturated rings. The minimum Gasteiger partial charge on any atom is -0.362 e. The van der Waals surface area contributed by atoms with E-state index in [-0.39, 0.29) is 11.1 Å². The van der Waals surface area contributed by atoms with Crippen LogP contribution in [-0.2, 0) is 9.59 Å². The number of imide groups is 2. The molecule has 6 nitrogen and oxygen atoms in total. The molecule has 34 heavy (non-hydrogen) atoms. The highest BCUT2D eigenvalue weighted by Crippen LogP contribution is 2.39. The Kier molecular flexibility index (Phi) is 5.94. The summed E-state index contributed by atoms with van der Waals surface area (Å²) in [4.78, 5) is 42.0. The van der Waals surface area contributed by atoms with Crippen molar-refractivity contribution in [2.24, 2.45) is 0 Å². The number of barbiturate groups is 1. The van der Waals surface area contributed by atoms with Gasteiger partial charge in [0.25, 0.3) is 11.8 Å². The molecule has 1 saturated heterocycles. The van der Waals surface area contributed by atoms with Gasteiger partial charge >= 0.3 is 6.03 Å². The number of carbonyl (C=O) groups is 3. The van der Waals surface area contributed by atoms with Gasteiger partial charge in [0.2, 0.25) is 0 Å². The van der Waals surface area contributed by atoms with E-state index in [0.29, 0.717) is 5.69 Å². The van der Waals surface area contributed by atoms with Crippen LogP contribution in [0.25, 0.3) is 11.6 Å². The van der Waals surface area contributed by atoms with E-state index in [1.165, 1.54) is 0 Å². The number of aryl methyl sites for hydroxylation is 1. The monoisotopic (exact) mass is 457 g/mol. The topological polar surface area (TPSA) is 69.7 Å². The first-order chi connectivity index (χ1) is 16.0. The molecule has 2 aliphatic rings. The molecule has 2 heterocycles. The molecule has 0 saturated carbocycles. The van der Waals surface area contributed by atoms with Gasteiger partial charge in [-0.25, -0.2) is 9.69 Å². The van der Waals surface area contributed by atoms with Crippen molar-refractivity contribution >= 4 is 40.9 Å². The van der Waals surface area contributed by atoms with Gasteiger partial charge in [-0.1, -0.05) is 31.2 Å². The fourth-order valence-corrected chi connectivity index (χ4v) is 4.84. The molecular formula is C28H31N3O3. The van der Waals surface area contributed by atoms with E-state index in [1.807, 2.05) is 32.0 Å². The summed E-state index contributed by atoms with van der Waals surface area (Å²) in [6.45, 7) is 13.4. The maximum absolute atomic E-state index is 13.3. The molecule has 6 heteroatoms. The zero-order valence-electron chi connectivity index (χ0n) is 20.7. The van der Waals surface area contributed by atoms with Crippen LogP contribution in [0.1, 0.15) is 56.4 Å². The number of hydrogen-bond donors (Lipinski definition) is 1. The highest BCUT2D eigenvalue weighted by Gasteiger charge is 2.38. The third-order valence-electron chi connectivity index (χ3n) is 6.68. The van der Waals surface area contributed by atoms with Gasteiger partial charge in [-0.2, -0.15) is 0 Å². The molecule has 0 bridgehead atoms. The van der Waals surface area contributed by atoms with Crippen molar-refractivity contribution in [2.45, 2.75) is 53.5 Å². The van der Waals surface area contributed by atoms with Crippen LogP contribution >= 0.6 is 0 Å². The molecule has 0 unspecified atom stereocenters. The molecule has 4 amide bonds. The largest absolute Gasteiger partial charge is 0.362 e. The van der Waals surface area contributed by atoms with Gasteiger partial charge in [0.1, 0.15) is 5.57 Å². The van der Waals surface area contributed by atoms with Gasteiger partial charge < -0.3 is 4.90 Å². The fraction of sp³-hybridized carbons (Fsp3) is 0.321. The van der Waals surface area contributed by atoms with E-state index < -0.39 is 17.8 Å². The number of amides is 4. The van der Waals surface area contributed by atoms with Gasteiger partial charge in [-0.05, 0) is 87.6 Å². The zero-order chi connectivity index (χ0) is 24.8. The third-order valence-corrected chi connectivity index (χ3v) is 6.68. The van der Waals surface area contributed by atoms with Crippen LogP contribution < -0.4 is 15.1 Å². The first-order valence-corrected chi connectivity index (χ1v) is 11.6. The van der Waals surface area contributed by atoms with Crippen molar-refractivity contribution < 1.29 is 14.4 Å². The molecule has 0 atom stereocenters. The normalized spacial score (nSPS) is 18.7. The Morgan fingerprint density at radius 1 is 1.00 bits per heavy atom. The van der Waals surface area contributed by atoms with Crippen LogP contribution in [0.2, 0.25) is 0 Å². The fourth-order valence-electron chi connectivity index (χ4n) is 4.84. The second kappa shape index (κ2) is 8.60. The van der Waals surface area contributed by atoms with E-state index >= 15 is 0 Å². The van der Waals surface area contributed by atoms with Crippen molar-refractivity contribution in [3.63, 3.8) is 0 Å². The molecule has 0 radical (unpaired) electrons. The quantitative estimate of drug-likeness (QED) is 0.494. The number of rotatable bonds is 4. The summed E-state index contributed by atoms with van der Waals surface area (Å²) in [6, 6.07) is 10.7. The van der Waals surface area contributed by atoms with E-state index in [9.17, 15) is 14.4 Å². The summed E-state index contributed by atoms with van der Waals surface area (Å²) in [6.07, 6.45) is 4.85. The lowest BCUT2D eigenvalue weighted by Crippen LogP contribution is -2.54. The van der Waals surface area contributed by atoms with Crippen LogP contribution in [0, 0.1) is 13.8 Å². The number of nitrogens with one attached hydrogen (secondary N) is 1. The average Bonchev–Trinajstić information content (AvgIpc) is 2.76. The lowest BCUT2D eigenvalue weighted by Gasteiger charge is -2.43. The number of carbonyl (C=O) groups excluding carboxylic acids is 3. The number of hydrogen-bond acceptors (Lipinski definition) is 4. The number of anilines is 2. The average molecular weight is 458 g/mol. The molecule has 2 aromatic carbocycles. The van der Waals surface area contributed by atoms with Crippen LogP contribution in [0.5, 0.6) is 0 Å². The molecule has 4 rings (SSSR count). The van der Waals surface area contributed by atoms with Crippen molar-refractivity contribution in [3.8, 4) is 0 Å². The summed E-state index contributed by atoms with van der Waals surface area (Å²) < 4.78 is 0. The number of benzene rings is 2. The van der Waals surface area contributed by atoms with E-state index in [0.717, 1.165) is 51.4 Å². The summed E-state index contributed by atoms with van der Waals surface area (Å²) in [5.41, 5.74) is 6.18. The van der Waals surface area contributed by atoms with Crippen molar-refractivity contribution in [1.82, 2.24) is 5.32 Å². The van der Waals surface area contributed by atoms with Gasteiger partial charge in [-0.3, -0.25) is 14.9 Å². The van der Waals surface area contributed by atoms with Crippen LogP contribution in [0.3, 0.4) is 0 Å². The van der Waals surface area contributed by atoms with Crippen molar-refractivity contribution in [3.05, 3.63) is 70.3 Å². The minimum absolute atomic E-state index is 0.0661. The Morgan fingerprint density at radius 3 is 2.44 bits per heavy atom. The molecule has 0 aromatic heterocycles. The molecule has 2 aliphatic heterocycles. The van der Waals surface area contributed by atoms with Gasteiger partial charge in [-0.15, -0.1) is 0 Å². The Morgan fingerprint density at radius 2 is 1.74 bits per heavy atom. The lowest BCUT2D eigenvalue weighted by atomic mass is 9.87. The van der Waals surface area contributed by atoms with Crippen LogP contribution in [0.15, 0.2) is 48.0 Å². The number of nitrogens with zero attached hydrogens (tertiary/aromatic N) is 2. The van der Waals surface area contributed by atoms with Crippen LogP contribution in [0.4, 0.5) is 16.2 Å². The molecule has 1 N–H and O–H groups in total. The number of urea groups is 1. The zero-order valence-corrected chi connectivity index (χ0v) is 20.7. The molecule has 0 spiro atoms. The van der Waals surface area contributed by atoms with E-state index in [2.05, 4.69) is 50.1 Å². The molecule has 2 aromatic rings. The van der Waals surface area contributed by atoms with Crippen LogP contribution in [-0.4, -0.2) is 29.9 Å². The summed E-state index contributed by atoms with van der Waals surface area (Å²) >= 11 is 0. The molecule has 0 aliphatic carbocycles. The van der Waals surface area contributed by atoms with Crippen molar-refractivity contribution in [1.29, 1.82) is 0 Å². The highest BCUT2D eigenvalue weighted by molar-refractivity contribution is 6.39. The standard InChI is InChI=1S/C28H31N3O3/c1-7-13-30-24-12-11-20(14-21(24)18(3)16-28(30,5)6)15-22-25(32)29-27(34)31(26(22)33)23-10-8-9-17(2)19(23)4/h8-12,14-16H,7,13H2,1-6H3,(H,29,32,34)/b22-15-. The predicted molar refractivity (Wildman–Crippen MR) is 137 cm³/mol. The maximum Gasteiger partial charge on any atom is 0.335 e. The second-order valence-corrected chi connectivity index (χ2v) is 9.59. The van der Waals surface area contributed by atoms with E-state index in [1.54, 1.807) is 18.2 Å². The number of allylic oxidation sites excluding steroid dienone is 1. The summed E-state index contributed by atoms with van der Waals surface area (Å²) in [5.74, 6) is -1.31. The highest BCUT2D eigenvalue weighted by atomic mass is 16.2. The Bertz CT molecular complexity index is 1270. The first-order valence-electron chi connectivity index (χ1n) is 11.6.